The molecule has 0 saturated carbocycles. The van der Waals surface area contributed by atoms with Gasteiger partial charge in [-0.1, -0.05) is 25.9 Å². The van der Waals surface area contributed by atoms with Crippen molar-refractivity contribution < 1.29 is 9.26 Å². The van der Waals surface area contributed by atoms with Crippen LogP contribution in [0.4, 0.5) is 0 Å². The molecular formula is C12H21N3O2. The molecule has 1 aliphatic heterocycles. The molecule has 1 fully saturated rings. The average molecular weight is 239 g/mol. The molecule has 3 atom stereocenters. The lowest BCUT2D eigenvalue weighted by molar-refractivity contribution is 0.185. The van der Waals surface area contributed by atoms with Crippen LogP contribution < -0.4 is 5.32 Å². The second-order valence-electron chi connectivity index (χ2n) is 4.61. The molecule has 1 N–H and O–H groups in total. The molecule has 0 spiro atoms. The second-order valence-corrected chi connectivity index (χ2v) is 4.61. The lowest BCUT2D eigenvalue weighted by Gasteiger charge is -2.14. The highest BCUT2D eigenvalue weighted by Crippen LogP contribution is 2.26. The van der Waals surface area contributed by atoms with Gasteiger partial charge in [-0.05, 0) is 13.0 Å². The largest absolute Gasteiger partial charge is 0.379 e. The first kappa shape index (κ1) is 12.5. The first-order valence-electron chi connectivity index (χ1n) is 6.40. The van der Waals surface area contributed by atoms with Crippen molar-refractivity contribution in [2.75, 3.05) is 19.8 Å². The fraction of sp³-hybridized carbons (Fsp3) is 0.833. The maximum absolute atomic E-state index is 5.48. The summed E-state index contributed by atoms with van der Waals surface area (Å²) >= 11 is 0. The predicted octanol–water partition coefficient (Wildman–Crippen LogP) is 1.67. The van der Waals surface area contributed by atoms with E-state index in [2.05, 4.69) is 36.2 Å². The quantitative estimate of drug-likeness (QED) is 0.847. The van der Waals surface area contributed by atoms with Crippen molar-refractivity contribution >= 4 is 0 Å². The van der Waals surface area contributed by atoms with Crippen LogP contribution in [0.15, 0.2) is 4.52 Å². The molecule has 2 heterocycles. The average Bonchev–Trinajstić information content (AvgIpc) is 2.96. The Morgan fingerprint density at radius 1 is 1.41 bits per heavy atom. The molecule has 1 aromatic rings. The first-order chi connectivity index (χ1) is 8.26. The highest BCUT2D eigenvalue weighted by Gasteiger charge is 2.33. The Kier molecular flexibility index (Phi) is 4.12. The SMILES string of the molecule is CCNC1COCC1c1nc(C(C)CC)no1. The summed E-state index contributed by atoms with van der Waals surface area (Å²) in [5.74, 6) is 2.07. The monoisotopic (exact) mass is 239 g/mol. The molecule has 1 aromatic heterocycles. The van der Waals surface area contributed by atoms with E-state index < -0.39 is 0 Å². The van der Waals surface area contributed by atoms with Crippen LogP contribution >= 0.6 is 0 Å². The molecule has 5 nitrogen and oxygen atoms in total. The van der Waals surface area contributed by atoms with E-state index in [4.69, 9.17) is 9.26 Å². The molecule has 5 heteroatoms. The lowest BCUT2D eigenvalue weighted by Crippen LogP contribution is -2.34. The third kappa shape index (κ3) is 2.66. The molecule has 3 unspecified atom stereocenters. The number of rotatable bonds is 5. The zero-order valence-electron chi connectivity index (χ0n) is 10.8. The molecule has 0 amide bonds. The van der Waals surface area contributed by atoms with Crippen molar-refractivity contribution in [2.45, 2.75) is 45.1 Å². The van der Waals surface area contributed by atoms with Crippen molar-refractivity contribution in [2.24, 2.45) is 0 Å². The van der Waals surface area contributed by atoms with Crippen LogP contribution in [0.25, 0.3) is 0 Å². The predicted molar refractivity (Wildman–Crippen MR) is 64.0 cm³/mol. The van der Waals surface area contributed by atoms with Gasteiger partial charge in [0.15, 0.2) is 5.82 Å². The van der Waals surface area contributed by atoms with Crippen LogP contribution in [-0.4, -0.2) is 35.9 Å². The van der Waals surface area contributed by atoms with Crippen LogP contribution in [0.5, 0.6) is 0 Å². The number of aromatic nitrogens is 2. The number of hydrogen-bond donors (Lipinski definition) is 1. The Hall–Kier alpha value is -0.940. The Labute approximate surface area is 102 Å². The molecule has 0 radical (unpaired) electrons. The summed E-state index contributed by atoms with van der Waals surface area (Å²) in [5, 5.41) is 7.45. The molecule has 96 valence electrons. The smallest absolute Gasteiger partial charge is 0.233 e. The standard InChI is InChI=1S/C12H21N3O2/c1-4-8(3)11-14-12(17-15-11)9-6-16-7-10(9)13-5-2/h8-10,13H,4-7H2,1-3H3. The van der Waals surface area contributed by atoms with Gasteiger partial charge in [-0.2, -0.15) is 4.98 Å². The van der Waals surface area contributed by atoms with Gasteiger partial charge in [0.25, 0.3) is 0 Å². The minimum absolute atomic E-state index is 0.195. The minimum atomic E-state index is 0.195. The molecule has 1 saturated heterocycles. The third-order valence-corrected chi connectivity index (χ3v) is 3.37. The molecule has 2 rings (SSSR count). The Morgan fingerprint density at radius 2 is 2.24 bits per heavy atom. The third-order valence-electron chi connectivity index (χ3n) is 3.37. The molecule has 17 heavy (non-hydrogen) atoms. The van der Waals surface area contributed by atoms with E-state index in [1.165, 1.54) is 0 Å². The van der Waals surface area contributed by atoms with Gasteiger partial charge in [-0.25, -0.2) is 0 Å². The van der Waals surface area contributed by atoms with Crippen LogP contribution in [0.3, 0.4) is 0 Å². The minimum Gasteiger partial charge on any atom is -0.379 e. The van der Waals surface area contributed by atoms with Gasteiger partial charge < -0.3 is 14.6 Å². The second kappa shape index (κ2) is 5.60. The molecule has 1 aliphatic rings. The van der Waals surface area contributed by atoms with Gasteiger partial charge in [0.1, 0.15) is 0 Å². The van der Waals surface area contributed by atoms with E-state index in [-0.39, 0.29) is 5.92 Å². The molecular weight excluding hydrogens is 218 g/mol. The van der Waals surface area contributed by atoms with Gasteiger partial charge in [0, 0.05) is 12.0 Å². The number of likely N-dealkylation sites (N-methyl/N-ethyl adjacent to an activating group) is 1. The topological polar surface area (TPSA) is 60.2 Å². The fourth-order valence-electron chi connectivity index (χ4n) is 2.04. The molecule has 0 aliphatic carbocycles. The first-order valence-corrected chi connectivity index (χ1v) is 6.40. The van der Waals surface area contributed by atoms with Gasteiger partial charge in [0.05, 0.1) is 19.1 Å². The number of hydrogen-bond acceptors (Lipinski definition) is 5. The Balaban J connectivity index is 2.08. The fourth-order valence-corrected chi connectivity index (χ4v) is 2.04. The maximum Gasteiger partial charge on any atom is 0.233 e. The van der Waals surface area contributed by atoms with Crippen LogP contribution in [0.1, 0.15) is 50.7 Å². The van der Waals surface area contributed by atoms with Crippen molar-refractivity contribution in [3.05, 3.63) is 11.7 Å². The van der Waals surface area contributed by atoms with Gasteiger partial charge in [-0.3, -0.25) is 0 Å². The number of nitrogens with one attached hydrogen (secondary N) is 1. The van der Waals surface area contributed by atoms with E-state index in [1.807, 2.05) is 0 Å². The van der Waals surface area contributed by atoms with Crippen LogP contribution in [0, 0.1) is 0 Å². The number of ether oxygens (including phenoxy) is 1. The van der Waals surface area contributed by atoms with E-state index in [1.54, 1.807) is 0 Å². The van der Waals surface area contributed by atoms with Crippen molar-refractivity contribution in [1.29, 1.82) is 0 Å². The summed E-state index contributed by atoms with van der Waals surface area (Å²) in [6.45, 7) is 8.65. The summed E-state index contributed by atoms with van der Waals surface area (Å²) in [6, 6.07) is 0.297. The Bertz CT molecular complexity index is 353. The highest BCUT2D eigenvalue weighted by atomic mass is 16.5. The highest BCUT2D eigenvalue weighted by molar-refractivity contribution is 5.04. The normalized spacial score (nSPS) is 26.3. The Morgan fingerprint density at radius 3 is 2.94 bits per heavy atom. The van der Waals surface area contributed by atoms with E-state index >= 15 is 0 Å². The van der Waals surface area contributed by atoms with Crippen molar-refractivity contribution in [1.82, 2.24) is 15.5 Å². The van der Waals surface area contributed by atoms with Crippen molar-refractivity contribution in [3.63, 3.8) is 0 Å². The van der Waals surface area contributed by atoms with Crippen LogP contribution in [0.2, 0.25) is 0 Å². The van der Waals surface area contributed by atoms with Crippen LogP contribution in [-0.2, 0) is 4.74 Å². The zero-order valence-corrected chi connectivity index (χ0v) is 10.8. The summed E-state index contributed by atoms with van der Waals surface area (Å²) in [5.41, 5.74) is 0. The summed E-state index contributed by atoms with van der Waals surface area (Å²) in [6.07, 6.45) is 1.02. The summed E-state index contributed by atoms with van der Waals surface area (Å²) < 4.78 is 10.8. The zero-order chi connectivity index (χ0) is 12.3. The number of nitrogens with zero attached hydrogens (tertiary/aromatic N) is 2. The van der Waals surface area contributed by atoms with Gasteiger partial charge in [0.2, 0.25) is 5.89 Å². The van der Waals surface area contributed by atoms with Gasteiger partial charge in [-0.15, -0.1) is 0 Å². The van der Waals surface area contributed by atoms with Gasteiger partial charge >= 0.3 is 0 Å². The molecule has 0 bridgehead atoms. The summed E-state index contributed by atoms with van der Waals surface area (Å²) in [4.78, 5) is 4.50. The maximum atomic E-state index is 5.48. The summed E-state index contributed by atoms with van der Waals surface area (Å²) in [7, 11) is 0. The van der Waals surface area contributed by atoms with Crippen molar-refractivity contribution in [3.8, 4) is 0 Å². The van der Waals surface area contributed by atoms with E-state index in [0.717, 1.165) is 25.4 Å². The lowest BCUT2D eigenvalue weighted by atomic mass is 10.0. The van der Waals surface area contributed by atoms with E-state index in [0.29, 0.717) is 24.5 Å². The van der Waals surface area contributed by atoms with E-state index in [9.17, 15) is 0 Å². The molecule has 0 aromatic carbocycles.